The molecule has 5 heteroatoms. The Bertz CT molecular complexity index is 2150. The van der Waals surface area contributed by atoms with Crippen LogP contribution >= 0.6 is 22.7 Å². The van der Waals surface area contributed by atoms with E-state index in [1.165, 1.54) is 58.5 Å². The van der Waals surface area contributed by atoms with Gasteiger partial charge in [-0.15, -0.1) is 22.7 Å². The zero-order chi connectivity index (χ0) is 35.9. The lowest BCUT2D eigenvalue weighted by Gasteiger charge is -2.41. The van der Waals surface area contributed by atoms with E-state index < -0.39 is 0 Å². The average molecular weight is 692 g/mol. The first-order valence-electron chi connectivity index (χ1n) is 17.9. The molecule has 0 aliphatic rings. The molecule has 6 aromatic rings. The second-order valence-electron chi connectivity index (χ2n) is 19.1. The molecule has 0 fully saturated rings. The van der Waals surface area contributed by atoms with E-state index in [0.29, 0.717) is 0 Å². The molecule has 0 amide bonds. The molecule has 0 spiro atoms. The van der Waals surface area contributed by atoms with Crippen LogP contribution in [0, 0.1) is 0 Å². The van der Waals surface area contributed by atoms with E-state index in [2.05, 4.69) is 156 Å². The van der Waals surface area contributed by atoms with Crippen molar-refractivity contribution < 1.29 is 0 Å². The minimum absolute atomic E-state index is 0.00456. The highest BCUT2D eigenvalue weighted by Crippen LogP contribution is 2.54. The van der Waals surface area contributed by atoms with Crippen molar-refractivity contribution in [2.45, 2.75) is 142 Å². The van der Waals surface area contributed by atoms with Crippen LogP contribution in [0.5, 0.6) is 0 Å². The van der Waals surface area contributed by atoms with Gasteiger partial charge < -0.3 is 4.98 Å². The maximum atomic E-state index is 4.96. The molecule has 0 aliphatic heterocycles. The number of pyridine rings is 2. The van der Waals surface area contributed by atoms with Gasteiger partial charge in [-0.05, 0) is 69.4 Å². The van der Waals surface area contributed by atoms with Gasteiger partial charge in [-0.1, -0.05) is 121 Å². The van der Waals surface area contributed by atoms with Gasteiger partial charge in [0.05, 0.1) is 4.70 Å². The first kappa shape index (κ1) is 35.8. The Morgan fingerprint density at radius 3 is 1.78 bits per heavy atom. The van der Waals surface area contributed by atoms with Crippen molar-refractivity contribution in [1.29, 1.82) is 0 Å². The van der Waals surface area contributed by atoms with Gasteiger partial charge in [0.2, 0.25) is 0 Å². The smallest absolute Gasteiger partial charge is 0.123 e. The lowest BCUT2D eigenvalue weighted by Crippen LogP contribution is -2.35. The van der Waals surface area contributed by atoms with E-state index in [9.17, 15) is 0 Å². The number of fused-ring (bicyclic) bond motifs is 3. The van der Waals surface area contributed by atoms with Crippen molar-refractivity contribution in [3.63, 3.8) is 0 Å². The minimum atomic E-state index is -0.109. The third-order valence-corrected chi connectivity index (χ3v) is 13.5. The van der Waals surface area contributed by atoms with Gasteiger partial charge in [0.25, 0.3) is 0 Å². The van der Waals surface area contributed by atoms with Crippen LogP contribution in [0.2, 0.25) is 0 Å². The predicted molar refractivity (Wildman–Crippen MR) is 216 cm³/mol. The molecule has 5 aromatic heterocycles. The Kier molecular flexibility index (Phi) is 8.60. The van der Waals surface area contributed by atoms with Crippen LogP contribution < -0.4 is 0 Å². The predicted octanol–water partition coefficient (Wildman–Crippen LogP) is 13.3. The normalized spacial score (nSPS) is 14.1. The standard InChI is InChI=1S/C44H57N3S2/c1-39(2,3)33-28-21-23-45-24-31(28)48-36(33)43(11,12)26-42(9,10)34-29-19-17-22-46-38(29)49-37(34)44(13,14)25-41(7,8)32-27-18-15-16-20-30(27)47-35(32)40(4,5)6/h15-24,47H,25-26H2,1-14H3. The van der Waals surface area contributed by atoms with Gasteiger partial charge in [-0.3, -0.25) is 4.98 Å². The van der Waals surface area contributed by atoms with Crippen LogP contribution in [-0.2, 0) is 32.5 Å². The van der Waals surface area contributed by atoms with Crippen LogP contribution in [0.3, 0.4) is 0 Å². The summed E-state index contributed by atoms with van der Waals surface area (Å²) in [5.74, 6) is 0. The van der Waals surface area contributed by atoms with Crippen LogP contribution in [0.15, 0.2) is 61.1 Å². The third-order valence-electron chi connectivity index (χ3n) is 10.5. The summed E-state index contributed by atoms with van der Waals surface area (Å²) < 4.78 is 1.29. The monoisotopic (exact) mass is 691 g/mol. The molecule has 0 saturated carbocycles. The molecule has 0 saturated heterocycles. The fraction of sp³-hybridized carbons (Fsp3) is 0.500. The number of hydrogen-bond acceptors (Lipinski definition) is 4. The van der Waals surface area contributed by atoms with Gasteiger partial charge in [-0.2, -0.15) is 0 Å². The van der Waals surface area contributed by atoms with Crippen molar-refractivity contribution in [3.8, 4) is 0 Å². The number of nitrogens with zero attached hydrogens (tertiary/aromatic N) is 2. The van der Waals surface area contributed by atoms with Gasteiger partial charge in [0.1, 0.15) is 4.83 Å². The highest BCUT2D eigenvalue weighted by molar-refractivity contribution is 7.19. The maximum absolute atomic E-state index is 4.96. The summed E-state index contributed by atoms with van der Waals surface area (Å²) >= 11 is 3.86. The molecule has 0 unspecified atom stereocenters. The van der Waals surface area contributed by atoms with Crippen molar-refractivity contribution in [1.82, 2.24) is 15.0 Å². The second kappa shape index (κ2) is 11.8. The number of H-pyrrole nitrogens is 1. The second-order valence-corrected chi connectivity index (χ2v) is 21.2. The lowest BCUT2D eigenvalue weighted by molar-refractivity contribution is 0.327. The highest BCUT2D eigenvalue weighted by atomic mass is 32.1. The summed E-state index contributed by atoms with van der Waals surface area (Å²) in [7, 11) is 0. The highest BCUT2D eigenvalue weighted by Gasteiger charge is 2.44. The van der Waals surface area contributed by atoms with Crippen molar-refractivity contribution in [2.75, 3.05) is 0 Å². The SMILES string of the molecule is CC(C)(C)c1[nH]c2ccccc2c1C(C)(C)CC(C)(C)c1sc2ncccc2c1C(C)(C)CC(C)(C)c1sc2cnccc2c1C(C)(C)C. The maximum Gasteiger partial charge on any atom is 0.123 e. The summed E-state index contributed by atoms with van der Waals surface area (Å²) in [5, 5.41) is 4.02. The van der Waals surface area contributed by atoms with E-state index in [1.807, 2.05) is 35.1 Å². The fourth-order valence-corrected chi connectivity index (χ4v) is 12.1. The van der Waals surface area contributed by atoms with Crippen molar-refractivity contribution >= 4 is 53.9 Å². The summed E-state index contributed by atoms with van der Waals surface area (Å²) in [6.45, 7) is 33.9. The number of aromatic nitrogens is 3. The minimum Gasteiger partial charge on any atom is -0.358 e. The molecule has 0 aliphatic carbocycles. The van der Waals surface area contributed by atoms with E-state index in [0.717, 1.165) is 17.7 Å². The molecule has 6 rings (SSSR count). The number of thiophene rings is 2. The van der Waals surface area contributed by atoms with Crippen LogP contribution in [0.1, 0.15) is 142 Å². The first-order chi connectivity index (χ1) is 22.5. The Hall–Kier alpha value is -3.02. The Balaban J connectivity index is 1.47. The number of rotatable bonds is 8. The molecule has 1 aromatic carbocycles. The Morgan fingerprint density at radius 2 is 1.14 bits per heavy atom. The van der Waals surface area contributed by atoms with Crippen LogP contribution in [-0.4, -0.2) is 15.0 Å². The molecule has 0 radical (unpaired) electrons. The molecule has 0 atom stereocenters. The summed E-state index contributed by atoms with van der Waals surface area (Å²) in [6.07, 6.45) is 8.00. The van der Waals surface area contributed by atoms with Crippen molar-refractivity contribution in [3.05, 3.63) is 93.2 Å². The fourth-order valence-electron chi connectivity index (χ4n) is 9.21. The largest absolute Gasteiger partial charge is 0.358 e. The molecular weight excluding hydrogens is 635 g/mol. The summed E-state index contributed by atoms with van der Waals surface area (Å²) in [6, 6.07) is 15.5. The third kappa shape index (κ3) is 6.40. The topological polar surface area (TPSA) is 41.6 Å². The summed E-state index contributed by atoms with van der Waals surface area (Å²) in [5.41, 5.74) is 6.68. The number of aromatic amines is 1. The Labute approximate surface area is 303 Å². The summed E-state index contributed by atoms with van der Waals surface area (Å²) in [4.78, 5) is 17.4. The molecule has 5 heterocycles. The average Bonchev–Trinajstić information content (AvgIpc) is 3.68. The van der Waals surface area contributed by atoms with Gasteiger partial charge in [0, 0.05) is 66.6 Å². The van der Waals surface area contributed by atoms with E-state index in [1.54, 1.807) is 0 Å². The molecule has 0 bridgehead atoms. The van der Waals surface area contributed by atoms with Crippen LogP contribution in [0.4, 0.5) is 0 Å². The Morgan fingerprint density at radius 1 is 0.551 bits per heavy atom. The molecule has 260 valence electrons. The number of benzene rings is 1. The zero-order valence-corrected chi connectivity index (χ0v) is 34.0. The molecule has 1 N–H and O–H groups in total. The van der Waals surface area contributed by atoms with Gasteiger partial charge >= 0.3 is 0 Å². The van der Waals surface area contributed by atoms with Crippen molar-refractivity contribution in [2.24, 2.45) is 0 Å². The van der Waals surface area contributed by atoms with E-state index in [4.69, 9.17) is 4.98 Å². The number of hydrogen-bond donors (Lipinski definition) is 1. The first-order valence-corrected chi connectivity index (χ1v) is 19.6. The van der Waals surface area contributed by atoms with E-state index in [-0.39, 0.29) is 32.5 Å². The van der Waals surface area contributed by atoms with Crippen LogP contribution in [0.25, 0.3) is 31.2 Å². The molecular formula is C44H57N3S2. The number of para-hydroxylation sites is 1. The molecule has 49 heavy (non-hydrogen) atoms. The van der Waals surface area contributed by atoms with Gasteiger partial charge in [-0.25, -0.2) is 4.98 Å². The van der Waals surface area contributed by atoms with E-state index >= 15 is 0 Å². The van der Waals surface area contributed by atoms with Gasteiger partial charge in [0.15, 0.2) is 0 Å². The quantitative estimate of drug-likeness (QED) is 0.173. The zero-order valence-electron chi connectivity index (χ0n) is 32.4. The lowest BCUT2D eigenvalue weighted by atomic mass is 9.64. The molecule has 3 nitrogen and oxygen atoms in total. The number of nitrogens with one attached hydrogen (secondary N) is 1.